The summed E-state index contributed by atoms with van der Waals surface area (Å²) in [5.74, 6) is 0.488. The molecule has 1 N–H and O–H groups in total. The van der Waals surface area contributed by atoms with Crippen LogP contribution in [0.3, 0.4) is 0 Å². The van der Waals surface area contributed by atoms with Gasteiger partial charge in [0.1, 0.15) is 6.04 Å². The molecule has 0 radical (unpaired) electrons. The van der Waals surface area contributed by atoms with Crippen molar-refractivity contribution in [2.24, 2.45) is 0 Å². The Labute approximate surface area is 107 Å². The van der Waals surface area contributed by atoms with Gasteiger partial charge in [0.15, 0.2) is 0 Å². The van der Waals surface area contributed by atoms with Gasteiger partial charge in [-0.1, -0.05) is 0 Å². The number of hydrogen-bond acceptors (Lipinski definition) is 7. The lowest BCUT2D eigenvalue weighted by atomic mass is 10.2. The van der Waals surface area contributed by atoms with Crippen molar-refractivity contribution < 1.29 is 14.3 Å². The summed E-state index contributed by atoms with van der Waals surface area (Å²) in [5, 5.41) is 12.8. The number of aromatic amines is 1. The van der Waals surface area contributed by atoms with E-state index in [2.05, 4.69) is 20.6 Å². The van der Waals surface area contributed by atoms with Crippen molar-refractivity contribution in [1.82, 2.24) is 25.5 Å². The second-order valence-corrected chi connectivity index (χ2v) is 4.73. The molecule has 1 fully saturated rings. The highest BCUT2D eigenvalue weighted by Gasteiger charge is 2.35. The summed E-state index contributed by atoms with van der Waals surface area (Å²) in [6, 6.07) is -0.574. The zero-order valence-corrected chi connectivity index (χ0v) is 10.6. The summed E-state index contributed by atoms with van der Waals surface area (Å²) in [5.41, 5.74) is 0. The predicted octanol–water partition coefficient (Wildman–Crippen LogP) is -0.680. The fraction of sp³-hybridized carbons (Fsp3) is 0.667. The highest BCUT2D eigenvalue weighted by molar-refractivity contribution is 7.99. The van der Waals surface area contributed by atoms with Crippen molar-refractivity contribution >= 4 is 23.6 Å². The number of esters is 1. The summed E-state index contributed by atoms with van der Waals surface area (Å²) in [6.45, 7) is 2.50. The highest BCUT2D eigenvalue weighted by Crippen LogP contribution is 2.19. The zero-order chi connectivity index (χ0) is 13.0. The number of nitrogens with one attached hydrogen (secondary N) is 1. The molecule has 1 saturated heterocycles. The van der Waals surface area contributed by atoms with Crippen LogP contribution in [0.5, 0.6) is 0 Å². The lowest BCUT2D eigenvalue weighted by Gasteiger charge is -2.32. The number of amides is 1. The topological polar surface area (TPSA) is 101 Å². The minimum atomic E-state index is -0.574. The number of thioether (sulfide) groups is 1. The smallest absolute Gasteiger partial charge is 0.329 e. The van der Waals surface area contributed by atoms with Gasteiger partial charge in [-0.25, -0.2) is 4.79 Å². The standard InChI is InChI=1S/C9H13N5O3S/c1-2-17-9(16)6-5-18-4-3-14(6)8(15)7-10-12-13-11-7/h6H,2-5H2,1H3,(H,10,11,12,13). The summed E-state index contributed by atoms with van der Waals surface area (Å²) >= 11 is 1.62. The van der Waals surface area contributed by atoms with Crippen LogP contribution >= 0.6 is 11.8 Å². The number of H-pyrrole nitrogens is 1. The predicted molar refractivity (Wildman–Crippen MR) is 63.0 cm³/mol. The molecule has 1 aliphatic heterocycles. The Hall–Kier alpha value is -1.64. The maximum Gasteiger partial charge on any atom is 0.329 e. The van der Waals surface area contributed by atoms with Crippen LogP contribution in [0, 0.1) is 0 Å². The molecule has 1 amide bonds. The average Bonchev–Trinajstić information content (AvgIpc) is 2.92. The van der Waals surface area contributed by atoms with Crippen LogP contribution in [0.15, 0.2) is 0 Å². The minimum absolute atomic E-state index is 0.0313. The van der Waals surface area contributed by atoms with Gasteiger partial charge in [0, 0.05) is 18.1 Å². The minimum Gasteiger partial charge on any atom is -0.464 e. The number of tetrazole rings is 1. The van der Waals surface area contributed by atoms with Gasteiger partial charge < -0.3 is 9.64 Å². The number of nitrogens with zero attached hydrogens (tertiary/aromatic N) is 4. The molecule has 18 heavy (non-hydrogen) atoms. The molecule has 0 spiro atoms. The molecule has 0 saturated carbocycles. The quantitative estimate of drug-likeness (QED) is 0.727. The first-order valence-electron chi connectivity index (χ1n) is 5.52. The number of carbonyl (C=O) groups is 2. The van der Waals surface area contributed by atoms with Crippen molar-refractivity contribution in [2.75, 3.05) is 24.7 Å². The van der Waals surface area contributed by atoms with Gasteiger partial charge >= 0.3 is 5.97 Å². The van der Waals surface area contributed by atoms with Crippen LogP contribution in [0.2, 0.25) is 0 Å². The molecular weight excluding hydrogens is 258 g/mol. The first-order chi connectivity index (χ1) is 8.74. The molecule has 1 atom stereocenters. The van der Waals surface area contributed by atoms with Crippen LogP contribution in [0.1, 0.15) is 17.5 Å². The van der Waals surface area contributed by atoms with Crippen LogP contribution in [0.4, 0.5) is 0 Å². The van der Waals surface area contributed by atoms with Crippen molar-refractivity contribution in [1.29, 1.82) is 0 Å². The molecule has 2 rings (SSSR count). The van der Waals surface area contributed by atoms with E-state index in [1.165, 1.54) is 4.90 Å². The van der Waals surface area contributed by atoms with Crippen molar-refractivity contribution in [3.8, 4) is 0 Å². The molecule has 1 aromatic heterocycles. The summed E-state index contributed by atoms with van der Waals surface area (Å²) in [6.07, 6.45) is 0. The van der Waals surface area contributed by atoms with E-state index in [0.717, 1.165) is 5.75 Å². The molecule has 1 aromatic rings. The third kappa shape index (κ3) is 2.61. The third-order valence-corrected chi connectivity index (χ3v) is 3.51. The van der Waals surface area contributed by atoms with E-state index < -0.39 is 11.9 Å². The van der Waals surface area contributed by atoms with Crippen LogP contribution in [-0.2, 0) is 9.53 Å². The molecule has 98 valence electrons. The molecule has 0 aromatic carbocycles. The van der Waals surface area contributed by atoms with Crippen molar-refractivity contribution in [3.05, 3.63) is 5.82 Å². The molecule has 2 heterocycles. The van der Waals surface area contributed by atoms with Crippen molar-refractivity contribution in [2.45, 2.75) is 13.0 Å². The summed E-state index contributed by atoms with van der Waals surface area (Å²) in [4.78, 5) is 25.3. The molecule has 0 bridgehead atoms. The number of aromatic nitrogens is 4. The van der Waals surface area contributed by atoms with E-state index in [1.807, 2.05) is 0 Å². The fourth-order valence-corrected chi connectivity index (χ4v) is 2.69. The van der Waals surface area contributed by atoms with E-state index in [9.17, 15) is 9.59 Å². The van der Waals surface area contributed by atoms with Crippen LogP contribution in [-0.4, -0.2) is 68.1 Å². The Morgan fingerprint density at radius 1 is 1.61 bits per heavy atom. The molecule has 1 aliphatic rings. The number of rotatable bonds is 3. The molecule has 9 heteroatoms. The Morgan fingerprint density at radius 3 is 3.11 bits per heavy atom. The van der Waals surface area contributed by atoms with Gasteiger partial charge in [-0.3, -0.25) is 4.79 Å². The van der Waals surface area contributed by atoms with Gasteiger partial charge in [0.2, 0.25) is 0 Å². The molecule has 1 unspecified atom stereocenters. The second kappa shape index (κ2) is 5.80. The summed E-state index contributed by atoms with van der Waals surface area (Å²) < 4.78 is 4.97. The van der Waals surface area contributed by atoms with Crippen LogP contribution < -0.4 is 0 Å². The first kappa shape index (κ1) is 12.8. The van der Waals surface area contributed by atoms with Gasteiger partial charge in [0.25, 0.3) is 11.7 Å². The Balaban J connectivity index is 2.12. The lowest BCUT2D eigenvalue weighted by molar-refractivity contribution is -0.147. The van der Waals surface area contributed by atoms with Gasteiger partial charge in [-0.15, -0.1) is 10.2 Å². The largest absolute Gasteiger partial charge is 0.464 e. The monoisotopic (exact) mass is 271 g/mol. The van der Waals surface area contributed by atoms with Crippen molar-refractivity contribution in [3.63, 3.8) is 0 Å². The van der Waals surface area contributed by atoms with E-state index in [-0.39, 0.29) is 11.8 Å². The average molecular weight is 271 g/mol. The number of ether oxygens (including phenoxy) is 1. The van der Waals surface area contributed by atoms with Gasteiger partial charge in [-0.05, 0) is 12.1 Å². The van der Waals surface area contributed by atoms with Crippen LogP contribution in [0.25, 0.3) is 0 Å². The van der Waals surface area contributed by atoms with E-state index in [0.29, 0.717) is 18.9 Å². The summed E-state index contributed by atoms with van der Waals surface area (Å²) in [7, 11) is 0. The molecule has 8 nitrogen and oxygen atoms in total. The Kier molecular flexibility index (Phi) is 4.13. The fourth-order valence-electron chi connectivity index (χ4n) is 1.66. The zero-order valence-electron chi connectivity index (χ0n) is 9.83. The number of hydrogen-bond donors (Lipinski definition) is 1. The maximum absolute atomic E-state index is 12.1. The SMILES string of the molecule is CCOC(=O)C1CSCCN1C(=O)c1nn[nH]n1. The lowest BCUT2D eigenvalue weighted by Crippen LogP contribution is -2.51. The normalized spacial score (nSPS) is 19.6. The molecule has 0 aliphatic carbocycles. The maximum atomic E-state index is 12.1. The Morgan fingerprint density at radius 2 is 2.44 bits per heavy atom. The first-order valence-corrected chi connectivity index (χ1v) is 6.68. The van der Waals surface area contributed by atoms with E-state index in [4.69, 9.17) is 4.74 Å². The molecular formula is C9H13N5O3S. The second-order valence-electron chi connectivity index (χ2n) is 3.58. The third-order valence-electron chi connectivity index (χ3n) is 2.48. The van der Waals surface area contributed by atoms with E-state index in [1.54, 1.807) is 18.7 Å². The van der Waals surface area contributed by atoms with E-state index >= 15 is 0 Å². The van der Waals surface area contributed by atoms with Gasteiger partial charge in [0.05, 0.1) is 6.61 Å². The van der Waals surface area contributed by atoms with Gasteiger partial charge in [-0.2, -0.15) is 17.0 Å². The number of carbonyl (C=O) groups excluding carboxylic acids is 2. The highest BCUT2D eigenvalue weighted by atomic mass is 32.2. The Bertz CT molecular complexity index is 424.